The Balaban J connectivity index is 2.70. The van der Waals surface area contributed by atoms with Gasteiger partial charge in [-0.05, 0) is 44.0 Å². The Labute approximate surface area is 107 Å². The number of oxime groups is 1. The lowest BCUT2D eigenvalue weighted by Crippen LogP contribution is -2.36. The van der Waals surface area contributed by atoms with Crippen molar-refractivity contribution >= 4 is 54.9 Å². The minimum atomic E-state index is -0.857. The summed E-state index contributed by atoms with van der Waals surface area (Å²) in [5, 5.41) is 14.0. The first-order valence-electron chi connectivity index (χ1n) is 4.11. The third-order valence-electron chi connectivity index (χ3n) is 2.09. The average molecular weight is 348 g/mol. The lowest BCUT2D eigenvalue weighted by molar-refractivity contribution is -0.131. The predicted octanol–water partition coefficient (Wildman–Crippen LogP) is 1.91. The molecule has 0 aliphatic carbocycles. The molecule has 1 amide bonds. The first kappa shape index (κ1) is 11.3. The van der Waals surface area contributed by atoms with Crippen molar-refractivity contribution in [3.63, 3.8) is 0 Å². The van der Waals surface area contributed by atoms with Gasteiger partial charge in [0, 0.05) is 14.5 Å². The van der Waals surface area contributed by atoms with Crippen LogP contribution in [-0.4, -0.2) is 22.6 Å². The number of ketones is 1. The number of hydrogen-bond acceptors (Lipinski definition) is 4. The zero-order valence-electron chi connectivity index (χ0n) is 7.62. The Bertz CT molecular complexity index is 540. The standard InChI is InChI=1S/C9H4Br2N2O3/c10-4-1-3-6(2-5(4)11)12-9(15)8(14)7(3)13-16/h1-2,16H,(H,12,15). The summed E-state index contributed by atoms with van der Waals surface area (Å²) < 4.78 is 1.41. The van der Waals surface area contributed by atoms with E-state index in [4.69, 9.17) is 5.21 Å². The lowest BCUT2D eigenvalue weighted by atomic mass is 10.00. The van der Waals surface area contributed by atoms with Crippen LogP contribution in [0.5, 0.6) is 0 Å². The van der Waals surface area contributed by atoms with Gasteiger partial charge in [-0.15, -0.1) is 0 Å². The number of nitrogens with zero attached hydrogens (tertiary/aromatic N) is 1. The molecule has 0 radical (unpaired) electrons. The van der Waals surface area contributed by atoms with Crippen LogP contribution in [0.15, 0.2) is 26.2 Å². The number of carbonyl (C=O) groups is 2. The molecule has 16 heavy (non-hydrogen) atoms. The van der Waals surface area contributed by atoms with E-state index >= 15 is 0 Å². The predicted molar refractivity (Wildman–Crippen MR) is 63.8 cm³/mol. The Hall–Kier alpha value is -1.21. The van der Waals surface area contributed by atoms with Crippen molar-refractivity contribution in [2.45, 2.75) is 0 Å². The van der Waals surface area contributed by atoms with Crippen LogP contribution in [0.3, 0.4) is 0 Å². The van der Waals surface area contributed by atoms with Gasteiger partial charge >= 0.3 is 0 Å². The van der Waals surface area contributed by atoms with Crippen LogP contribution in [0.2, 0.25) is 0 Å². The number of rotatable bonds is 0. The highest BCUT2D eigenvalue weighted by molar-refractivity contribution is 9.13. The zero-order chi connectivity index (χ0) is 11.9. The minimum Gasteiger partial charge on any atom is -0.410 e. The summed E-state index contributed by atoms with van der Waals surface area (Å²) in [4.78, 5) is 22.6. The smallest absolute Gasteiger partial charge is 0.298 e. The molecule has 1 aromatic carbocycles. The molecule has 2 N–H and O–H groups in total. The van der Waals surface area contributed by atoms with Crippen molar-refractivity contribution < 1.29 is 14.8 Å². The van der Waals surface area contributed by atoms with Crippen LogP contribution in [0.25, 0.3) is 0 Å². The van der Waals surface area contributed by atoms with E-state index in [0.717, 1.165) is 4.47 Å². The molecule has 1 aliphatic rings. The van der Waals surface area contributed by atoms with Gasteiger partial charge in [0.2, 0.25) is 0 Å². The number of carbonyl (C=O) groups excluding carboxylic acids is 2. The third kappa shape index (κ3) is 1.65. The Morgan fingerprint density at radius 2 is 1.81 bits per heavy atom. The number of nitrogens with one attached hydrogen (secondary N) is 1. The highest BCUT2D eigenvalue weighted by Crippen LogP contribution is 2.32. The molecule has 0 fully saturated rings. The van der Waals surface area contributed by atoms with Crippen LogP contribution in [0, 0.1) is 0 Å². The number of halogens is 2. The van der Waals surface area contributed by atoms with Gasteiger partial charge in [-0.1, -0.05) is 5.16 Å². The number of amides is 1. The van der Waals surface area contributed by atoms with Crippen LogP contribution < -0.4 is 5.32 Å². The molecule has 5 nitrogen and oxygen atoms in total. The molecule has 0 bridgehead atoms. The molecule has 82 valence electrons. The quantitative estimate of drug-likeness (QED) is 0.427. The van der Waals surface area contributed by atoms with Crippen LogP contribution >= 0.6 is 31.9 Å². The molecule has 0 spiro atoms. The maximum atomic E-state index is 11.4. The van der Waals surface area contributed by atoms with Crippen LogP contribution in [-0.2, 0) is 9.59 Å². The summed E-state index contributed by atoms with van der Waals surface area (Å²) in [7, 11) is 0. The van der Waals surface area contributed by atoms with Crippen molar-refractivity contribution in [3.8, 4) is 0 Å². The molecule has 7 heteroatoms. The maximum Gasteiger partial charge on any atom is 0.298 e. The SMILES string of the molecule is O=C1Nc2cc(Br)c(Br)cc2C(=NO)C1=O. The number of fused-ring (bicyclic) bond motifs is 1. The van der Waals surface area contributed by atoms with E-state index < -0.39 is 11.7 Å². The molecule has 0 saturated heterocycles. The fourth-order valence-electron chi connectivity index (χ4n) is 1.35. The zero-order valence-corrected chi connectivity index (χ0v) is 10.8. The molecule has 0 unspecified atom stereocenters. The van der Waals surface area contributed by atoms with Gasteiger partial charge in [0.05, 0.1) is 5.69 Å². The second-order valence-electron chi connectivity index (χ2n) is 3.04. The van der Waals surface area contributed by atoms with E-state index in [0.29, 0.717) is 15.7 Å². The van der Waals surface area contributed by atoms with Gasteiger partial charge in [-0.25, -0.2) is 0 Å². The maximum absolute atomic E-state index is 11.4. The van der Waals surface area contributed by atoms with E-state index in [1.807, 2.05) is 0 Å². The number of anilines is 1. The van der Waals surface area contributed by atoms with E-state index in [2.05, 4.69) is 42.3 Å². The summed E-state index contributed by atoms with van der Waals surface area (Å²) in [5.74, 6) is -1.67. The van der Waals surface area contributed by atoms with Crippen molar-refractivity contribution in [1.29, 1.82) is 0 Å². The molecule has 2 rings (SSSR count). The van der Waals surface area contributed by atoms with Gasteiger partial charge in [-0.3, -0.25) is 9.59 Å². The second-order valence-corrected chi connectivity index (χ2v) is 4.75. The summed E-state index contributed by atoms with van der Waals surface area (Å²) in [5.41, 5.74) is 0.543. The van der Waals surface area contributed by atoms with E-state index in [-0.39, 0.29) is 5.71 Å². The largest absolute Gasteiger partial charge is 0.410 e. The third-order valence-corrected chi connectivity index (χ3v) is 3.93. The molecule has 0 atom stereocenters. The van der Waals surface area contributed by atoms with Crippen molar-refractivity contribution in [3.05, 3.63) is 26.6 Å². The van der Waals surface area contributed by atoms with Gasteiger partial charge in [0.1, 0.15) is 0 Å². The second kappa shape index (κ2) is 3.99. The Morgan fingerprint density at radius 3 is 2.44 bits per heavy atom. The van der Waals surface area contributed by atoms with Crippen LogP contribution in [0.1, 0.15) is 5.56 Å². The van der Waals surface area contributed by atoms with Crippen molar-refractivity contribution in [1.82, 2.24) is 0 Å². The van der Waals surface area contributed by atoms with Crippen molar-refractivity contribution in [2.75, 3.05) is 5.32 Å². The Morgan fingerprint density at radius 1 is 1.19 bits per heavy atom. The van der Waals surface area contributed by atoms with Crippen LogP contribution in [0.4, 0.5) is 5.69 Å². The lowest BCUT2D eigenvalue weighted by Gasteiger charge is -2.17. The normalized spacial score (nSPS) is 17.2. The Kier molecular flexibility index (Phi) is 2.81. The molecule has 1 heterocycles. The van der Waals surface area contributed by atoms with Crippen molar-refractivity contribution in [2.24, 2.45) is 5.16 Å². The van der Waals surface area contributed by atoms with E-state index in [9.17, 15) is 9.59 Å². The fourth-order valence-corrected chi connectivity index (χ4v) is 2.04. The average Bonchev–Trinajstić information content (AvgIpc) is 2.24. The van der Waals surface area contributed by atoms with Gasteiger partial charge in [0.25, 0.3) is 11.7 Å². The topological polar surface area (TPSA) is 78.8 Å². The summed E-state index contributed by atoms with van der Waals surface area (Å²) >= 11 is 6.52. The molecule has 0 aromatic heterocycles. The van der Waals surface area contributed by atoms with Gasteiger partial charge < -0.3 is 10.5 Å². The number of benzene rings is 1. The van der Waals surface area contributed by atoms with Gasteiger partial charge in [-0.2, -0.15) is 0 Å². The summed E-state index contributed by atoms with van der Waals surface area (Å²) in [6, 6.07) is 3.21. The monoisotopic (exact) mass is 346 g/mol. The number of Topliss-reactive ketones (excluding diaryl/α,β-unsaturated/α-hetero) is 1. The molecule has 1 aliphatic heterocycles. The molecule has 1 aromatic rings. The van der Waals surface area contributed by atoms with Gasteiger partial charge in [0.15, 0.2) is 5.71 Å². The van der Waals surface area contributed by atoms with E-state index in [1.165, 1.54) is 0 Å². The molecule has 0 saturated carbocycles. The minimum absolute atomic E-state index is 0.257. The fraction of sp³-hybridized carbons (Fsp3) is 0. The first-order chi connectivity index (χ1) is 7.54. The highest BCUT2D eigenvalue weighted by atomic mass is 79.9. The summed E-state index contributed by atoms with van der Waals surface area (Å²) in [6.45, 7) is 0. The first-order valence-corrected chi connectivity index (χ1v) is 5.70. The highest BCUT2D eigenvalue weighted by Gasteiger charge is 2.31. The number of hydrogen-bond donors (Lipinski definition) is 2. The molecular weight excluding hydrogens is 344 g/mol. The molecular formula is C9H4Br2N2O3. The van der Waals surface area contributed by atoms with E-state index in [1.54, 1.807) is 12.1 Å². The summed E-state index contributed by atoms with van der Waals surface area (Å²) in [6.07, 6.45) is 0.